The molecule has 7 heteroatoms. The van der Waals surface area contributed by atoms with E-state index in [0.717, 1.165) is 30.6 Å². The zero-order valence-corrected chi connectivity index (χ0v) is 17.6. The Kier molecular flexibility index (Phi) is 6.72. The van der Waals surface area contributed by atoms with Crippen molar-refractivity contribution in [3.05, 3.63) is 53.6 Å². The Balaban J connectivity index is 1.69. The number of anilines is 3. The van der Waals surface area contributed by atoms with Gasteiger partial charge in [-0.1, -0.05) is 6.07 Å². The number of carbonyl (C=O) groups is 3. The number of nitrogens with zero attached hydrogens (tertiary/aromatic N) is 1. The Morgan fingerprint density at radius 1 is 1.00 bits per heavy atom. The number of fused-ring (bicyclic) bond motifs is 1. The van der Waals surface area contributed by atoms with Crippen LogP contribution in [0.3, 0.4) is 0 Å². The number of benzene rings is 2. The largest absolute Gasteiger partial charge is 0.362 e. The Bertz CT molecular complexity index is 938. The van der Waals surface area contributed by atoms with Crippen LogP contribution < -0.4 is 20.9 Å². The number of hydrogen-bond acceptors (Lipinski definition) is 4. The van der Waals surface area contributed by atoms with E-state index in [2.05, 4.69) is 16.0 Å². The summed E-state index contributed by atoms with van der Waals surface area (Å²) in [5, 5.41) is 8.54. The molecule has 0 saturated carbocycles. The Hall–Kier alpha value is -3.35. The van der Waals surface area contributed by atoms with Gasteiger partial charge in [-0.2, -0.15) is 0 Å². The number of rotatable bonds is 6. The third kappa shape index (κ3) is 5.37. The zero-order valence-electron chi connectivity index (χ0n) is 17.6. The molecule has 3 N–H and O–H groups in total. The lowest BCUT2D eigenvalue weighted by molar-refractivity contribution is -0.115. The molecule has 0 aliphatic carbocycles. The number of hydrogen-bond donors (Lipinski definition) is 3. The predicted octanol–water partition coefficient (Wildman–Crippen LogP) is 3.17. The monoisotopic (exact) mass is 408 g/mol. The van der Waals surface area contributed by atoms with Gasteiger partial charge >= 0.3 is 0 Å². The number of amides is 3. The van der Waals surface area contributed by atoms with E-state index in [9.17, 15) is 14.4 Å². The topological polar surface area (TPSA) is 90.5 Å². The lowest BCUT2D eigenvalue weighted by Crippen LogP contribution is -2.38. The maximum absolute atomic E-state index is 12.6. The van der Waals surface area contributed by atoms with Crippen molar-refractivity contribution in [3.63, 3.8) is 0 Å². The summed E-state index contributed by atoms with van der Waals surface area (Å²) in [6.07, 6.45) is 1.71. The second-order valence-corrected chi connectivity index (χ2v) is 7.76. The number of carbonyl (C=O) groups excluding carboxylic acids is 3. The molecule has 0 saturated heterocycles. The third-order valence-corrected chi connectivity index (χ3v) is 4.83. The fraction of sp³-hybridized carbons (Fsp3) is 0.348. The fourth-order valence-corrected chi connectivity index (χ4v) is 3.63. The van der Waals surface area contributed by atoms with Crippen LogP contribution in [0.25, 0.3) is 0 Å². The summed E-state index contributed by atoms with van der Waals surface area (Å²) in [6, 6.07) is 12.7. The molecule has 2 aromatic carbocycles. The quantitative estimate of drug-likeness (QED) is 0.685. The minimum absolute atomic E-state index is 0.0656. The minimum Gasteiger partial charge on any atom is -0.362 e. The molecule has 0 atom stereocenters. The molecule has 0 spiro atoms. The van der Waals surface area contributed by atoms with Crippen molar-refractivity contribution < 1.29 is 14.4 Å². The van der Waals surface area contributed by atoms with Gasteiger partial charge in [-0.3, -0.25) is 14.4 Å². The third-order valence-electron chi connectivity index (χ3n) is 4.83. The molecule has 7 nitrogen and oxygen atoms in total. The highest BCUT2D eigenvalue weighted by molar-refractivity contribution is 5.98. The van der Waals surface area contributed by atoms with E-state index in [1.165, 1.54) is 6.92 Å². The first-order valence-corrected chi connectivity index (χ1v) is 10.2. The van der Waals surface area contributed by atoms with Crippen LogP contribution in [-0.4, -0.2) is 36.9 Å². The lowest BCUT2D eigenvalue weighted by Gasteiger charge is -2.32. The van der Waals surface area contributed by atoms with Crippen LogP contribution in [0.2, 0.25) is 0 Å². The molecule has 0 aromatic heterocycles. The van der Waals surface area contributed by atoms with Crippen LogP contribution in [0.4, 0.5) is 17.1 Å². The van der Waals surface area contributed by atoms with Gasteiger partial charge in [0.1, 0.15) is 0 Å². The summed E-state index contributed by atoms with van der Waals surface area (Å²) in [5.74, 6) is -0.350. The molecule has 30 heavy (non-hydrogen) atoms. The van der Waals surface area contributed by atoms with Crippen LogP contribution in [-0.2, 0) is 16.0 Å². The normalized spacial score (nSPS) is 12.9. The second-order valence-electron chi connectivity index (χ2n) is 7.76. The van der Waals surface area contributed by atoms with Crippen molar-refractivity contribution in [2.45, 2.75) is 39.7 Å². The molecule has 1 aliphatic rings. The van der Waals surface area contributed by atoms with Gasteiger partial charge in [0.05, 0.1) is 6.54 Å². The van der Waals surface area contributed by atoms with Crippen LogP contribution in [0.5, 0.6) is 0 Å². The van der Waals surface area contributed by atoms with Crippen molar-refractivity contribution in [3.8, 4) is 0 Å². The maximum Gasteiger partial charge on any atom is 0.251 e. The molecule has 3 rings (SSSR count). The van der Waals surface area contributed by atoms with Crippen molar-refractivity contribution in [2.75, 3.05) is 28.6 Å². The first-order chi connectivity index (χ1) is 14.3. The Labute approximate surface area is 176 Å². The van der Waals surface area contributed by atoms with Gasteiger partial charge in [-0.25, -0.2) is 0 Å². The van der Waals surface area contributed by atoms with Gasteiger partial charge < -0.3 is 20.9 Å². The highest BCUT2D eigenvalue weighted by Crippen LogP contribution is 2.30. The Morgan fingerprint density at radius 2 is 1.67 bits per heavy atom. The highest BCUT2D eigenvalue weighted by Gasteiger charge is 2.23. The van der Waals surface area contributed by atoms with E-state index in [1.54, 1.807) is 24.3 Å². The first-order valence-electron chi connectivity index (χ1n) is 10.2. The smallest absolute Gasteiger partial charge is 0.251 e. The van der Waals surface area contributed by atoms with Crippen molar-refractivity contribution in [1.82, 2.24) is 5.32 Å². The average Bonchev–Trinajstić information content (AvgIpc) is 2.68. The van der Waals surface area contributed by atoms with Crippen LogP contribution in [0.1, 0.15) is 43.1 Å². The minimum atomic E-state index is -0.142. The highest BCUT2D eigenvalue weighted by atomic mass is 16.2. The molecule has 0 bridgehead atoms. The van der Waals surface area contributed by atoms with Gasteiger partial charge in [0.15, 0.2) is 0 Å². The summed E-state index contributed by atoms with van der Waals surface area (Å²) >= 11 is 0. The molecule has 1 heterocycles. The molecule has 0 unspecified atom stereocenters. The molecule has 2 aromatic rings. The summed E-state index contributed by atoms with van der Waals surface area (Å²) < 4.78 is 0. The average molecular weight is 409 g/mol. The van der Waals surface area contributed by atoms with Crippen molar-refractivity contribution in [1.29, 1.82) is 0 Å². The maximum atomic E-state index is 12.6. The standard InChI is InChI=1S/C23H28N4O3/c1-15(2)24-23(30)20-6-4-8-21-19(20)7-5-13-27(21)14-22(29)26-18-11-9-17(10-12-18)25-16(3)28/h4,6,8-12,15H,5,7,13-14H2,1-3H3,(H,24,30)(H,25,28)(H,26,29). The summed E-state index contributed by atoms with van der Waals surface area (Å²) in [7, 11) is 0. The molecule has 3 amide bonds. The van der Waals surface area contributed by atoms with Crippen molar-refractivity contribution >= 4 is 34.8 Å². The summed E-state index contributed by atoms with van der Waals surface area (Å²) in [6.45, 7) is 6.29. The van der Waals surface area contributed by atoms with Crippen LogP contribution in [0, 0.1) is 0 Å². The van der Waals surface area contributed by atoms with E-state index >= 15 is 0 Å². The lowest BCUT2D eigenvalue weighted by atomic mass is 9.95. The summed E-state index contributed by atoms with van der Waals surface area (Å²) in [5.41, 5.74) is 3.96. The van der Waals surface area contributed by atoms with Gasteiger partial charge in [-0.15, -0.1) is 0 Å². The van der Waals surface area contributed by atoms with E-state index < -0.39 is 0 Å². The van der Waals surface area contributed by atoms with Gasteiger partial charge in [-0.05, 0) is 68.7 Å². The van der Waals surface area contributed by atoms with E-state index in [0.29, 0.717) is 16.9 Å². The van der Waals surface area contributed by atoms with Gasteiger partial charge in [0.25, 0.3) is 5.91 Å². The molecular weight excluding hydrogens is 380 g/mol. The SMILES string of the molecule is CC(=O)Nc1ccc(NC(=O)CN2CCCc3c(C(=O)NC(C)C)cccc32)cc1. The summed E-state index contributed by atoms with van der Waals surface area (Å²) in [4.78, 5) is 38.3. The van der Waals surface area contributed by atoms with Gasteiger partial charge in [0, 0.05) is 42.1 Å². The van der Waals surface area contributed by atoms with E-state index in [4.69, 9.17) is 0 Å². The molecule has 158 valence electrons. The number of nitrogens with one attached hydrogen (secondary N) is 3. The van der Waals surface area contributed by atoms with Gasteiger partial charge in [0.2, 0.25) is 11.8 Å². The second kappa shape index (κ2) is 9.43. The van der Waals surface area contributed by atoms with Crippen molar-refractivity contribution in [2.24, 2.45) is 0 Å². The van der Waals surface area contributed by atoms with E-state index in [-0.39, 0.29) is 30.3 Å². The zero-order chi connectivity index (χ0) is 21.7. The first kappa shape index (κ1) is 21.4. The molecule has 0 radical (unpaired) electrons. The van der Waals surface area contributed by atoms with Crippen LogP contribution in [0.15, 0.2) is 42.5 Å². The molecule has 0 fully saturated rings. The van der Waals surface area contributed by atoms with Crippen LogP contribution >= 0.6 is 0 Å². The van der Waals surface area contributed by atoms with E-state index in [1.807, 2.05) is 36.9 Å². The predicted molar refractivity (Wildman–Crippen MR) is 119 cm³/mol. The fourth-order valence-electron chi connectivity index (χ4n) is 3.63. The molecular formula is C23H28N4O3. The molecule has 1 aliphatic heterocycles. The Morgan fingerprint density at radius 3 is 2.30 bits per heavy atom.